The Hall–Kier alpha value is -1.16. The molecular formula is C6H4N2OS. The summed E-state index contributed by atoms with van der Waals surface area (Å²) in [4.78, 5) is 0. The van der Waals surface area contributed by atoms with Crippen LogP contribution >= 0.6 is 11.5 Å². The van der Waals surface area contributed by atoms with Gasteiger partial charge in [0, 0.05) is 6.07 Å². The number of phenols is 1. The van der Waals surface area contributed by atoms with Gasteiger partial charge in [-0.1, -0.05) is 4.49 Å². The van der Waals surface area contributed by atoms with Crippen LogP contribution in [0.4, 0.5) is 0 Å². The lowest BCUT2D eigenvalue weighted by atomic mass is 10.3. The van der Waals surface area contributed by atoms with Crippen molar-refractivity contribution >= 4 is 21.7 Å². The zero-order valence-electron chi connectivity index (χ0n) is 4.98. The highest BCUT2D eigenvalue weighted by molar-refractivity contribution is 7.12. The van der Waals surface area contributed by atoms with E-state index in [1.807, 2.05) is 0 Å². The Bertz CT molecular complexity index is 357. The lowest BCUT2D eigenvalue weighted by Gasteiger charge is -1.86. The lowest BCUT2D eigenvalue weighted by Crippen LogP contribution is -1.66. The summed E-state index contributed by atoms with van der Waals surface area (Å²) in [5, 5.41) is 12.8. The van der Waals surface area contributed by atoms with Gasteiger partial charge in [-0.15, -0.1) is 5.10 Å². The van der Waals surface area contributed by atoms with E-state index in [1.165, 1.54) is 11.5 Å². The van der Waals surface area contributed by atoms with E-state index < -0.39 is 0 Å². The number of rotatable bonds is 0. The average molecular weight is 152 g/mol. The van der Waals surface area contributed by atoms with Gasteiger partial charge < -0.3 is 5.11 Å². The molecule has 0 aliphatic heterocycles. The van der Waals surface area contributed by atoms with Gasteiger partial charge in [0.25, 0.3) is 0 Å². The molecule has 0 saturated carbocycles. The van der Waals surface area contributed by atoms with Gasteiger partial charge in [0.15, 0.2) is 0 Å². The third-order valence-corrected chi connectivity index (χ3v) is 1.94. The number of aromatic hydroxyl groups is 1. The quantitative estimate of drug-likeness (QED) is 0.620. The smallest absolute Gasteiger partial charge is 0.117 e. The van der Waals surface area contributed by atoms with E-state index in [-0.39, 0.29) is 5.75 Å². The van der Waals surface area contributed by atoms with Gasteiger partial charge in [-0.25, -0.2) is 0 Å². The molecule has 0 aliphatic carbocycles. The fraction of sp³-hybridized carbons (Fsp3) is 0. The summed E-state index contributed by atoms with van der Waals surface area (Å²) in [5.41, 5.74) is 0.755. The van der Waals surface area contributed by atoms with Crippen LogP contribution in [0.2, 0.25) is 0 Å². The first-order valence-electron chi connectivity index (χ1n) is 2.77. The molecular weight excluding hydrogens is 148 g/mol. The van der Waals surface area contributed by atoms with Crippen LogP contribution in [0.25, 0.3) is 10.2 Å². The van der Waals surface area contributed by atoms with Crippen molar-refractivity contribution in [3.8, 4) is 5.75 Å². The highest BCUT2D eigenvalue weighted by atomic mass is 32.1. The van der Waals surface area contributed by atoms with Gasteiger partial charge in [0.1, 0.15) is 11.3 Å². The summed E-state index contributed by atoms with van der Waals surface area (Å²) in [6.07, 6.45) is 0. The number of benzene rings is 1. The van der Waals surface area contributed by atoms with E-state index in [0.29, 0.717) is 0 Å². The summed E-state index contributed by atoms with van der Waals surface area (Å²) >= 11 is 1.32. The second-order valence-corrected chi connectivity index (χ2v) is 2.71. The van der Waals surface area contributed by atoms with Crippen LogP contribution in [0.3, 0.4) is 0 Å². The maximum Gasteiger partial charge on any atom is 0.117 e. The van der Waals surface area contributed by atoms with Gasteiger partial charge >= 0.3 is 0 Å². The van der Waals surface area contributed by atoms with Crippen LogP contribution in [0.5, 0.6) is 5.75 Å². The Labute approximate surface area is 61.1 Å². The highest BCUT2D eigenvalue weighted by Crippen LogP contribution is 2.19. The van der Waals surface area contributed by atoms with Gasteiger partial charge in [-0.3, -0.25) is 0 Å². The van der Waals surface area contributed by atoms with Crippen molar-refractivity contribution in [1.82, 2.24) is 9.59 Å². The molecule has 2 rings (SSSR count). The fourth-order valence-corrected chi connectivity index (χ4v) is 1.31. The van der Waals surface area contributed by atoms with Crippen molar-refractivity contribution in [2.24, 2.45) is 0 Å². The highest BCUT2D eigenvalue weighted by Gasteiger charge is 1.96. The van der Waals surface area contributed by atoms with Crippen molar-refractivity contribution in [2.75, 3.05) is 0 Å². The molecule has 1 heterocycles. The Kier molecular flexibility index (Phi) is 1.07. The van der Waals surface area contributed by atoms with Crippen LogP contribution in [-0.4, -0.2) is 14.7 Å². The normalized spacial score (nSPS) is 10.4. The molecule has 1 aromatic heterocycles. The molecule has 50 valence electrons. The molecule has 0 radical (unpaired) electrons. The zero-order valence-corrected chi connectivity index (χ0v) is 5.80. The molecule has 0 atom stereocenters. The Morgan fingerprint density at radius 1 is 1.40 bits per heavy atom. The molecule has 0 bridgehead atoms. The van der Waals surface area contributed by atoms with Crippen molar-refractivity contribution in [2.45, 2.75) is 0 Å². The molecule has 0 spiro atoms. The Balaban J connectivity index is 2.86. The Morgan fingerprint density at radius 3 is 3.20 bits per heavy atom. The standard InChI is InChI=1S/C6H4N2OS/c9-4-1-2-6-5(3-4)7-8-10-6/h1-3,9H. The SMILES string of the molecule is Oc1ccc2snnc2c1. The van der Waals surface area contributed by atoms with Crippen LogP contribution < -0.4 is 0 Å². The van der Waals surface area contributed by atoms with Crippen molar-refractivity contribution in [1.29, 1.82) is 0 Å². The number of hydrogen-bond acceptors (Lipinski definition) is 4. The van der Waals surface area contributed by atoms with Gasteiger partial charge in [0.2, 0.25) is 0 Å². The molecule has 0 unspecified atom stereocenters. The maximum atomic E-state index is 8.99. The fourth-order valence-electron chi connectivity index (χ4n) is 0.769. The number of hydrogen-bond donors (Lipinski definition) is 1. The predicted octanol–water partition coefficient (Wildman–Crippen LogP) is 1.40. The van der Waals surface area contributed by atoms with Gasteiger partial charge in [-0.05, 0) is 23.7 Å². The maximum absolute atomic E-state index is 8.99. The van der Waals surface area contributed by atoms with E-state index in [1.54, 1.807) is 18.2 Å². The molecule has 1 aromatic carbocycles. The molecule has 3 nitrogen and oxygen atoms in total. The van der Waals surface area contributed by atoms with Gasteiger partial charge in [-0.2, -0.15) is 0 Å². The second-order valence-electron chi connectivity index (χ2n) is 1.92. The van der Waals surface area contributed by atoms with E-state index in [4.69, 9.17) is 5.11 Å². The first-order valence-corrected chi connectivity index (χ1v) is 3.55. The first kappa shape index (κ1) is 5.61. The third-order valence-electron chi connectivity index (χ3n) is 1.23. The minimum atomic E-state index is 0.236. The summed E-state index contributed by atoms with van der Waals surface area (Å²) in [6, 6.07) is 5.02. The monoisotopic (exact) mass is 152 g/mol. The first-order chi connectivity index (χ1) is 4.86. The van der Waals surface area contributed by atoms with Crippen molar-refractivity contribution in [3.63, 3.8) is 0 Å². The summed E-state index contributed by atoms with van der Waals surface area (Å²) in [5.74, 6) is 0.236. The molecule has 4 heteroatoms. The molecule has 0 aliphatic rings. The predicted molar refractivity (Wildman–Crippen MR) is 39.1 cm³/mol. The van der Waals surface area contributed by atoms with Crippen LogP contribution in [-0.2, 0) is 0 Å². The van der Waals surface area contributed by atoms with E-state index in [9.17, 15) is 0 Å². The molecule has 0 saturated heterocycles. The van der Waals surface area contributed by atoms with Gasteiger partial charge in [0.05, 0.1) is 4.70 Å². The van der Waals surface area contributed by atoms with Crippen LogP contribution in [0.15, 0.2) is 18.2 Å². The minimum Gasteiger partial charge on any atom is -0.508 e. The molecule has 1 N–H and O–H groups in total. The summed E-state index contributed by atoms with van der Waals surface area (Å²) in [6.45, 7) is 0. The van der Waals surface area contributed by atoms with E-state index >= 15 is 0 Å². The molecule has 2 aromatic rings. The van der Waals surface area contributed by atoms with E-state index in [2.05, 4.69) is 9.59 Å². The zero-order chi connectivity index (χ0) is 6.97. The minimum absolute atomic E-state index is 0.236. The summed E-state index contributed by atoms with van der Waals surface area (Å²) in [7, 11) is 0. The molecule has 10 heavy (non-hydrogen) atoms. The second kappa shape index (κ2) is 1.91. The molecule has 0 amide bonds. The van der Waals surface area contributed by atoms with Crippen LogP contribution in [0.1, 0.15) is 0 Å². The number of aromatic nitrogens is 2. The van der Waals surface area contributed by atoms with Crippen LogP contribution in [0, 0.1) is 0 Å². The number of nitrogens with zero attached hydrogens (tertiary/aromatic N) is 2. The average Bonchev–Trinajstić information content (AvgIpc) is 2.33. The van der Waals surface area contributed by atoms with Crippen molar-refractivity contribution < 1.29 is 5.11 Å². The largest absolute Gasteiger partial charge is 0.508 e. The molecule has 0 fully saturated rings. The summed E-state index contributed by atoms with van der Waals surface area (Å²) < 4.78 is 4.72. The van der Waals surface area contributed by atoms with E-state index in [0.717, 1.165) is 10.2 Å². The lowest BCUT2D eigenvalue weighted by molar-refractivity contribution is 0.476. The number of fused-ring (bicyclic) bond motifs is 1. The Morgan fingerprint density at radius 2 is 2.30 bits per heavy atom. The third kappa shape index (κ3) is 0.733. The number of phenolic OH excluding ortho intramolecular Hbond substituents is 1. The van der Waals surface area contributed by atoms with Crippen molar-refractivity contribution in [3.05, 3.63) is 18.2 Å². The topological polar surface area (TPSA) is 46.0 Å².